The van der Waals surface area contributed by atoms with E-state index in [0.717, 1.165) is 9.13 Å². The Labute approximate surface area is 171 Å². The zero-order valence-electron chi connectivity index (χ0n) is 14.6. The molecule has 0 aliphatic carbocycles. The number of hydrogen-bond donors (Lipinski definition) is 0. The van der Waals surface area contributed by atoms with Gasteiger partial charge in [0, 0.05) is 15.7 Å². The standard InChI is InChI=1S/C19H18INO5S/c1-2-27(24,25)21-10-9-13-11-14(7-8-17(13)21)18(22)12-26-19(23)15-5-3-4-6-16(15)20/h3-8,11H,2,9-10,12H2,1H3. The molecule has 0 N–H and O–H groups in total. The summed E-state index contributed by atoms with van der Waals surface area (Å²) in [5.41, 5.74) is 2.24. The first-order valence-corrected chi connectivity index (χ1v) is 11.1. The van der Waals surface area contributed by atoms with E-state index in [1.165, 1.54) is 4.31 Å². The van der Waals surface area contributed by atoms with Crippen molar-refractivity contribution in [1.29, 1.82) is 0 Å². The van der Waals surface area contributed by atoms with Crippen molar-refractivity contribution in [1.82, 2.24) is 0 Å². The van der Waals surface area contributed by atoms with Crippen molar-refractivity contribution < 1.29 is 22.7 Å². The summed E-state index contributed by atoms with van der Waals surface area (Å²) in [6.07, 6.45) is 0.553. The molecule has 0 spiro atoms. The fourth-order valence-electron chi connectivity index (χ4n) is 2.91. The van der Waals surface area contributed by atoms with Crippen LogP contribution in [-0.2, 0) is 21.2 Å². The molecule has 2 aromatic carbocycles. The second-order valence-electron chi connectivity index (χ2n) is 6.05. The minimum atomic E-state index is -3.32. The summed E-state index contributed by atoms with van der Waals surface area (Å²) in [7, 11) is -3.32. The number of halogens is 1. The number of carbonyl (C=O) groups is 2. The largest absolute Gasteiger partial charge is 0.454 e. The van der Waals surface area contributed by atoms with Gasteiger partial charge in [-0.25, -0.2) is 13.2 Å². The molecule has 8 heteroatoms. The summed E-state index contributed by atoms with van der Waals surface area (Å²) in [5, 5.41) is 0. The Kier molecular flexibility index (Phi) is 5.85. The SMILES string of the molecule is CCS(=O)(=O)N1CCc2cc(C(=O)COC(=O)c3ccccc3I)ccc21. The summed E-state index contributed by atoms with van der Waals surface area (Å²) in [4.78, 5) is 24.5. The third-order valence-electron chi connectivity index (χ3n) is 4.38. The number of ketones is 1. The fraction of sp³-hybridized carbons (Fsp3) is 0.263. The van der Waals surface area contributed by atoms with Gasteiger partial charge in [-0.3, -0.25) is 9.10 Å². The maximum absolute atomic E-state index is 12.4. The molecule has 0 aromatic heterocycles. The zero-order valence-corrected chi connectivity index (χ0v) is 17.6. The van der Waals surface area contributed by atoms with E-state index < -0.39 is 16.0 Å². The van der Waals surface area contributed by atoms with Gasteiger partial charge < -0.3 is 4.74 Å². The third-order valence-corrected chi connectivity index (χ3v) is 7.10. The first-order valence-electron chi connectivity index (χ1n) is 8.41. The summed E-state index contributed by atoms with van der Waals surface area (Å²) in [5.74, 6) is -0.843. The number of carbonyl (C=O) groups excluding carboxylic acids is 2. The molecule has 0 fully saturated rings. The van der Waals surface area contributed by atoms with E-state index in [2.05, 4.69) is 0 Å². The van der Waals surface area contributed by atoms with Crippen LogP contribution in [0.15, 0.2) is 42.5 Å². The Bertz CT molecular complexity index is 1000. The van der Waals surface area contributed by atoms with Gasteiger partial charge in [-0.15, -0.1) is 0 Å². The van der Waals surface area contributed by atoms with Gasteiger partial charge in [0.25, 0.3) is 0 Å². The number of nitrogens with zero attached hydrogens (tertiary/aromatic N) is 1. The second-order valence-corrected chi connectivity index (χ2v) is 9.39. The first-order chi connectivity index (χ1) is 12.8. The van der Waals surface area contributed by atoms with Crippen LogP contribution in [0, 0.1) is 3.57 Å². The number of Topliss-reactive ketones (excluding diaryl/α,β-unsaturated/α-hetero) is 1. The Morgan fingerprint density at radius 1 is 1.19 bits per heavy atom. The number of anilines is 1. The number of esters is 1. The summed E-state index contributed by atoms with van der Waals surface area (Å²) in [6, 6.07) is 11.9. The van der Waals surface area contributed by atoms with Crippen LogP contribution in [0.25, 0.3) is 0 Å². The topological polar surface area (TPSA) is 80.8 Å². The average Bonchev–Trinajstić information content (AvgIpc) is 3.10. The fourth-order valence-corrected chi connectivity index (χ4v) is 4.68. The van der Waals surface area contributed by atoms with Crippen LogP contribution < -0.4 is 4.31 Å². The average molecular weight is 499 g/mol. The molecule has 0 atom stereocenters. The number of ether oxygens (including phenoxy) is 1. The van der Waals surface area contributed by atoms with Crippen LogP contribution in [0.1, 0.15) is 33.2 Å². The molecular formula is C19H18INO5S. The van der Waals surface area contributed by atoms with Gasteiger partial charge >= 0.3 is 5.97 Å². The molecule has 0 unspecified atom stereocenters. The molecule has 142 valence electrons. The molecule has 0 bridgehead atoms. The van der Waals surface area contributed by atoms with Crippen LogP contribution in [0.3, 0.4) is 0 Å². The van der Waals surface area contributed by atoms with E-state index in [1.54, 1.807) is 43.3 Å². The lowest BCUT2D eigenvalue weighted by molar-refractivity contribution is 0.0473. The molecule has 1 aliphatic rings. The van der Waals surface area contributed by atoms with Crippen LogP contribution >= 0.6 is 22.6 Å². The normalized spacial score (nSPS) is 13.3. The van der Waals surface area contributed by atoms with Gasteiger partial charge in [0.1, 0.15) is 0 Å². The van der Waals surface area contributed by atoms with E-state index in [4.69, 9.17) is 4.74 Å². The van der Waals surface area contributed by atoms with Gasteiger partial charge in [-0.1, -0.05) is 12.1 Å². The second kappa shape index (κ2) is 7.97. The highest BCUT2D eigenvalue weighted by atomic mass is 127. The summed E-state index contributed by atoms with van der Waals surface area (Å²) < 4.78 is 31.5. The highest BCUT2D eigenvalue weighted by molar-refractivity contribution is 14.1. The van der Waals surface area contributed by atoms with E-state index in [0.29, 0.717) is 29.8 Å². The van der Waals surface area contributed by atoms with Crippen LogP contribution in [-0.4, -0.2) is 39.1 Å². The smallest absolute Gasteiger partial charge is 0.339 e. The Morgan fingerprint density at radius 3 is 2.63 bits per heavy atom. The Balaban J connectivity index is 1.70. The lowest BCUT2D eigenvalue weighted by Crippen LogP contribution is -2.30. The zero-order chi connectivity index (χ0) is 19.6. The lowest BCUT2D eigenvalue weighted by Gasteiger charge is -2.18. The third kappa shape index (κ3) is 4.16. The van der Waals surface area contributed by atoms with E-state index >= 15 is 0 Å². The monoisotopic (exact) mass is 499 g/mol. The van der Waals surface area contributed by atoms with E-state index in [-0.39, 0.29) is 18.1 Å². The van der Waals surface area contributed by atoms with Crippen molar-refractivity contribution in [3.63, 3.8) is 0 Å². The van der Waals surface area contributed by atoms with Gasteiger partial charge in [-0.2, -0.15) is 0 Å². The number of rotatable bonds is 6. The molecule has 0 saturated carbocycles. The minimum absolute atomic E-state index is 0.0291. The van der Waals surface area contributed by atoms with Crippen LogP contribution in [0.4, 0.5) is 5.69 Å². The highest BCUT2D eigenvalue weighted by Crippen LogP contribution is 2.31. The van der Waals surface area contributed by atoms with E-state index in [9.17, 15) is 18.0 Å². The van der Waals surface area contributed by atoms with E-state index in [1.807, 2.05) is 28.7 Å². The molecule has 1 heterocycles. The maximum atomic E-state index is 12.4. The van der Waals surface area contributed by atoms with Crippen molar-refractivity contribution in [2.24, 2.45) is 0 Å². The summed E-state index contributed by atoms with van der Waals surface area (Å²) >= 11 is 2.04. The molecule has 6 nitrogen and oxygen atoms in total. The predicted octanol–water partition coefficient (Wildman–Crippen LogP) is 3.04. The van der Waals surface area contributed by atoms with Crippen molar-refractivity contribution >= 4 is 50.1 Å². The van der Waals surface area contributed by atoms with Crippen LogP contribution in [0.2, 0.25) is 0 Å². The lowest BCUT2D eigenvalue weighted by atomic mass is 10.1. The number of sulfonamides is 1. The number of hydrogen-bond acceptors (Lipinski definition) is 5. The maximum Gasteiger partial charge on any atom is 0.339 e. The van der Waals surface area contributed by atoms with Crippen molar-refractivity contribution in [3.8, 4) is 0 Å². The molecule has 2 aromatic rings. The molecule has 27 heavy (non-hydrogen) atoms. The Hall–Kier alpha value is -1.94. The van der Waals surface area contributed by atoms with Gasteiger partial charge in [0.2, 0.25) is 10.0 Å². The molecule has 3 rings (SSSR count). The van der Waals surface area contributed by atoms with Crippen molar-refractivity contribution in [3.05, 3.63) is 62.7 Å². The van der Waals surface area contributed by atoms with Crippen molar-refractivity contribution in [2.75, 3.05) is 23.2 Å². The molecule has 0 radical (unpaired) electrons. The quantitative estimate of drug-likeness (QED) is 0.347. The molecular weight excluding hydrogens is 481 g/mol. The highest BCUT2D eigenvalue weighted by Gasteiger charge is 2.28. The number of benzene rings is 2. The molecule has 0 amide bonds. The molecule has 0 saturated heterocycles. The first kappa shape index (κ1) is 19.8. The number of fused-ring (bicyclic) bond motifs is 1. The molecule has 1 aliphatic heterocycles. The van der Waals surface area contributed by atoms with Gasteiger partial charge in [0.05, 0.1) is 17.0 Å². The van der Waals surface area contributed by atoms with Crippen LogP contribution in [0.5, 0.6) is 0 Å². The predicted molar refractivity (Wildman–Crippen MR) is 111 cm³/mol. The summed E-state index contributed by atoms with van der Waals surface area (Å²) in [6.45, 7) is 1.62. The van der Waals surface area contributed by atoms with Crippen molar-refractivity contribution in [2.45, 2.75) is 13.3 Å². The van der Waals surface area contributed by atoms with Gasteiger partial charge in [0.15, 0.2) is 12.4 Å². The Morgan fingerprint density at radius 2 is 1.93 bits per heavy atom. The minimum Gasteiger partial charge on any atom is -0.454 e. The van der Waals surface area contributed by atoms with Gasteiger partial charge in [-0.05, 0) is 71.8 Å².